The molecule has 0 aliphatic rings. The van der Waals surface area contributed by atoms with Crippen LogP contribution in [0.4, 0.5) is 5.69 Å². The molecule has 6 nitrogen and oxygen atoms in total. The van der Waals surface area contributed by atoms with Gasteiger partial charge in [-0.25, -0.2) is 0 Å². The molecule has 0 aliphatic carbocycles. The van der Waals surface area contributed by atoms with E-state index in [0.717, 1.165) is 18.2 Å². The van der Waals surface area contributed by atoms with E-state index in [2.05, 4.69) is 6.58 Å². The Morgan fingerprint density at radius 3 is 2.69 bits per heavy atom. The van der Waals surface area contributed by atoms with Crippen LogP contribution in [-0.2, 0) is 5.11 Å². The zero-order chi connectivity index (χ0) is 12.3. The SMILES string of the molecule is C=CC(O)c1cc(OC)c([O])cc1[N+](=O)[O-]. The van der Waals surface area contributed by atoms with Crippen molar-refractivity contribution in [2.24, 2.45) is 0 Å². The summed E-state index contributed by atoms with van der Waals surface area (Å²) in [4.78, 5) is 9.94. The van der Waals surface area contributed by atoms with Crippen molar-refractivity contribution in [3.8, 4) is 11.5 Å². The molecule has 1 rings (SSSR count). The van der Waals surface area contributed by atoms with E-state index in [9.17, 15) is 20.3 Å². The predicted molar refractivity (Wildman–Crippen MR) is 54.9 cm³/mol. The fraction of sp³-hybridized carbons (Fsp3) is 0.200. The van der Waals surface area contributed by atoms with E-state index in [1.165, 1.54) is 7.11 Å². The molecule has 0 saturated heterocycles. The molecular formula is C10H10NO5. The molecule has 0 fully saturated rings. The number of benzene rings is 1. The first-order chi connectivity index (χ1) is 7.51. The molecule has 0 bridgehead atoms. The summed E-state index contributed by atoms with van der Waals surface area (Å²) >= 11 is 0. The summed E-state index contributed by atoms with van der Waals surface area (Å²) in [6, 6.07) is 1.97. The van der Waals surface area contributed by atoms with Crippen LogP contribution in [0.5, 0.6) is 11.5 Å². The number of nitro groups is 1. The number of nitrogens with zero attached hydrogens (tertiary/aromatic N) is 1. The quantitative estimate of drug-likeness (QED) is 0.480. The third kappa shape index (κ3) is 2.12. The summed E-state index contributed by atoms with van der Waals surface area (Å²) in [5.74, 6) is -0.657. The van der Waals surface area contributed by atoms with Crippen molar-refractivity contribution < 1.29 is 19.9 Å². The number of aliphatic hydroxyl groups excluding tert-OH is 1. The van der Waals surface area contributed by atoms with Crippen molar-refractivity contribution in [3.63, 3.8) is 0 Å². The van der Waals surface area contributed by atoms with Gasteiger partial charge in [0.2, 0.25) is 5.75 Å². The molecule has 1 unspecified atom stereocenters. The van der Waals surface area contributed by atoms with Gasteiger partial charge in [0.25, 0.3) is 5.69 Å². The highest BCUT2D eigenvalue weighted by atomic mass is 16.6. The van der Waals surface area contributed by atoms with E-state index in [1.54, 1.807) is 0 Å². The van der Waals surface area contributed by atoms with Gasteiger partial charge in [0, 0.05) is 0 Å². The predicted octanol–water partition coefficient (Wildman–Crippen LogP) is 1.97. The summed E-state index contributed by atoms with van der Waals surface area (Å²) in [7, 11) is 1.27. The van der Waals surface area contributed by atoms with Crippen LogP contribution in [0.15, 0.2) is 24.8 Å². The molecule has 1 N–H and O–H groups in total. The fourth-order valence-electron chi connectivity index (χ4n) is 1.25. The van der Waals surface area contributed by atoms with Gasteiger partial charge in [0.15, 0.2) is 5.75 Å². The lowest BCUT2D eigenvalue weighted by Gasteiger charge is -2.09. The van der Waals surface area contributed by atoms with E-state index in [4.69, 9.17) is 4.74 Å². The zero-order valence-corrected chi connectivity index (χ0v) is 8.54. The molecule has 6 heteroatoms. The Bertz CT molecular complexity index is 429. The number of rotatable bonds is 4. The van der Waals surface area contributed by atoms with Crippen LogP contribution in [-0.4, -0.2) is 17.1 Å². The number of methoxy groups -OCH3 is 1. The Kier molecular flexibility index (Phi) is 3.47. The van der Waals surface area contributed by atoms with E-state index < -0.39 is 22.5 Å². The number of hydrogen-bond donors (Lipinski definition) is 1. The third-order valence-electron chi connectivity index (χ3n) is 2.05. The number of aliphatic hydroxyl groups is 1. The third-order valence-corrected chi connectivity index (χ3v) is 2.05. The molecule has 0 aliphatic heterocycles. The van der Waals surface area contributed by atoms with Crippen LogP contribution in [0.1, 0.15) is 11.7 Å². The number of ether oxygens (including phenoxy) is 1. The van der Waals surface area contributed by atoms with Crippen molar-refractivity contribution in [1.29, 1.82) is 0 Å². The Hall–Kier alpha value is -2.08. The summed E-state index contributed by atoms with van der Waals surface area (Å²) in [6.45, 7) is 3.32. The minimum atomic E-state index is -1.21. The summed E-state index contributed by atoms with van der Waals surface area (Å²) < 4.78 is 4.73. The molecule has 1 aromatic rings. The summed E-state index contributed by atoms with van der Waals surface area (Å²) in [6.07, 6.45) is -0.0819. The first kappa shape index (κ1) is 12.0. The maximum absolute atomic E-state index is 11.3. The minimum absolute atomic E-state index is 0.0172. The number of nitro benzene ring substituents is 1. The average Bonchev–Trinajstić information content (AvgIpc) is 2.27. The topological polar surface area (TPSA) is 92.5 Å². The first-order valence-corrected chi connectivity index (χ1v) is 4.35. The number of hydrogen-bond acceptors (Lipinski definition) is 4. The maximum atomic E-state index is 11.3. The van der Waals surface area contributed by atoms with E-state index in [1.807, 2.05) is 0 Å². The van der Waals surface area contributed by atoms with E-state index >= 15 is 0 Å². The van der Waals surface area contributed by atoms with Gasteiger partial charge in [0.1, 0.15) is 6.10 Å². The molecule has 85 valence electrons. The van der Waals surface area contributed by atoms with Gasteiger partial charge >= 0.3 is 0 Å². The van der Waals surface area contributed by atoms with Crippen LogP contribution in [0.3, 0.4) is 0 Å². The molecule has 1 radical (unpaired) electrons. The minimum Gasteiger partial charge on any atom is -0.493 e. The van der Waals surface area contributed by atoms with Crippen LogP contribution in [0.25, 0.3) is 0 Å². The van der Waals surface area contributed by atoms with Crippen molar-refractivity contribution in [2.45, 2.75) is 6.10 Å². The second-order valence-corrected chi connectivity index (χ2v) is 3.00. The molecule has 0 heterocycles. The molecule has 16 heavy (non-hydrogen) atoms. The monoisotopic (exact) mass is 224 g/mol. The Labute approximate surface area is 91.6 Å². The lowest BCUT2D eigenvalue weighted by molar-refractivity contribution is -0.386. The standard InChI is InChI=1S/C10H10NO5/c1-3-8(12)6-4-10(16-2)9(13)5-7(6)11(14)15/h3-5,8,12H,1H2,2H3. The van der Waals surface area contributed by atoms with Crippen molar-refractivity contribution >= 4 is 5.69 Å². The van der Waals surface area contributed by atoms with Gasteiger partial charge in [-0.1, -0.05) is 6.08 Å². The van der Waals surface area contributed by atoms with E-state index in [-0.39, 0.29) is 11.3 Å². The van der Waals surface area contributed by atoms with Crippen molar-refractivity contribution in [2.75, 3.05) is 7.11 Å². The molecular weight excluding hydrogens is 214 g/mol. The lowest BCUT2D eigenvalue weighted by Crippen LogP contribution is -2.00. The summed E-state index contributed by atoms with van der Waals surface area (Å²) in [5, 5.41) is 31.5. The molecule has 0 aromatic heterocycles. The molecule has 0 saturated carbocycles. The van der Waals surface area contributed by atoms with Gasteiger partial charge in [-0.15, -0.1) is 6.58 Å². The lowest BCUT2D eigenvalue weighted by atomic mass is 10.1. The van der Waals surface area contributed by atoms with Gasteiger partial charge in [-0.05, 0) is 6.07 Å². The highest BCUT2D eigenvalue weighted by Crippen LogP contribution is 2.37. The average molecular weight is 224 g/mol. The van der Waals surface area contributed by atoms with Crippen molar-refractivity contribution in [3.05, 3.63) is 40.5 Å². The second-order valence-electron chi connectivity index (χ2n) is 3.00. The largest absolute Gasteiger partial charge is 0.493 e. The fourth-order valence-corrected chi connectivity index (χ4v) is 1.25. The second kappa shape index (κ2) is 4.63. The highest BCUT2D eigenvalue weighted by molar-refractivity contribution is 5.54. The van der Waals surface area contributed by atoms with Gasteiger partial charge in [-0.2, -0.15) is 0 Å². The van der Waals surface area contributed by atoms with Gasteiger partial charge in [-0.3, -0.25) is 15.2 Å². The zero-order valence-electron chi connectivity index (χ0n) is 8.54. The molecule has 0 amide bonds. The maximum Gasteiger partial charge on any atom is 0.279 e. The van der Waals surface area contributed by atoms with E-state index in [0.29, 0.717) is 0 Å². The van der Waals surface area contributed by atoms with Crippen molar-refractivity contribution in [1.82, 2.24) is 0 Å². The van der Waals surface area contributed by atoms with Crippen LogP contribution >= 0.6 is 0 Å². The van der Waals surface area contributed by atoms with Crippen LogP contribution < -0.4 is 4.74 Å². The smallest absolute Gasteiger partial charge is 0.279 e. The van der Waals surface area contributed by atoms with Crippen LogP contribution in [0.2, 0.25) is 0 Å². The summed E-state index contributed by atoms with van der Waals surface area (Å²) in [5.41, 5.74) is -0.463. The normalized spacial score (nSPS) is 11.9. The molecule has 0 spiro atoms. The first-order valence-electron chi connectivity index (χ1n) is 4.35. The van der Waals surface area contributed by atoms with Gasteiger partial charge < -0.3 is 9.84 Å². The molecule has 1 atom stereocenters. The van der Waals surface area contributed by atoms with Gasteiger partial charge in [0.05, 0.1) is 23.7 Å². The highest BCUT2D eigenvalue weighted by Gasteiger charge is 2.23. The Morgan fingerprint density at radius 1 is 1.62 bits per heavy atom. The Balaban J connectivity index is 3.42. The molecule has 1 aromatic carbocycles. The Morgan fingerprint density at radius 2 is 2.25 bits per heavy atom. The van der Waals surface area contributed by atoms with Crippen LogP contribution in [0, 0.1) is 10.1 Å².